The van der Waals surface area contributed by atoms with E-state index in [9.17, 15) is 9.59 Å². The van der Waals surface area contributed by atoms with Gasteiger partial charge in [-0.3, -0.25) is 9.59 Å². The van der Waals surface area contributed by atoms with Crippen LogP contribution in [0.2, 0.25) is 0 Å². The van der Waals surface area contributed by atoms with Gasteiger partial charge in [-0.25, -0.2) is 0 Å². The zero-order valence-electron chi connectivity index (χ0n) is 18.4. The summed E-state index contributed by atoms with van der Waals surface area (Å²) < 4.78 is 0. The van der Waals surface area contributed by atoms with Gasteiger partial charge in [0.25, 0.3) is 11.8 Å². The average molecular weight is 418 g/mol. The molecule has 2 amide bonds. The molecule has 31 heavy (non-hydrogen) atoms. The number of rotatable bonds is 6. The van der Waals surface area contributed by atoms with Crippen LogP contribution in [0, 0.1) is 11.3 Å². The van der Waals surface area contributed by atoms with E-state index in [0.29, 0.717) is 24.4 Å². The van der Waals surface area contributed by atoms with Crippen molar-refractivity contribution in [2.24, 2.45) is 5.92 Å². The number of carbonyl (C=O) groups is 2. The van der Waals surface area contributed by atoms with Crippen LogP contribution in [-0.4, -0.2) is 42.1 Å². The van der Waals surface area contributed by atoms with Crippen molar-refractivity contribution in [1.29, 1.82) is 5.41 Å². The summed E-state index contributed by atoms with van der Waals surface area (Å²) in [7, 11) is 1.62. The van der Waals surface area contributed by atoms with Crippen molar-refractivity contribution in [2.75, 3.05) is 13.6 Å². The Hall–Kier alpha value is -2.95. The van der Waals surface area contributed by atoms with Crippen molar-refractivity contribution in [3.8, 4) is 11.1 Å². The molecule has 0 aromatic heterocycles. The minimum absolute atomic E-state index is 0.0608. The molecule has 1 atom stereocenters. The van der Waals surface area contributed by atoms with Crippen molar-refractivity contribution in [3.63, 3.8) is 0 Å². The maximum atomic E-state index is 13.2. The molecule has 1 fully saturated rings. The summed E-state index contributed by atoms with van der Waals surface area (Å²) in [4.78, 5) is 26.9. The predicted molar refractivity (Wildman–Crippen MR) is 124 cm³/mol. The topological polar surface area (TPSA) is 73.3 Å². The zero-order chi connectivity index (χ0) is 22.0. The second kappa shape index (κ2) is 9.04. The fraction of sp³-hybridized carbons (Fsp3) is 0.423. The Kier molecular flexibility index (Phi) is 6.21. The standard InChI is InChI=1S/C26H31N3O2/c1-17(15-24(27)19-5-3-4-6-19)29-14-13-22-16-21(11-12-23(22)26(29)31)18-7-9-20(10-8-18)25(30)28-2/h7-12,16-17,19,27H,3-6,13-15H2,1-2H3,(H,28,30)/t17-/m1/s1. The van der Waals surface area contributed by atoms with Gasteiger partial charge < -0.3 is 15.6 Å². The van der Waals surface area contributed by atoms with E-state index in [2.05, 4.69) is 18.3 Å². The Balaban J connectivity index is 1.47. The quantitative estimate of drug-likeness (QED) is 0.669. The third kappa shape index (κ3) is 4.41. The first kappa shape index (κ1) is 21.3. The summed E-state index contributed by atoms with van der Waals surface area (Å²) in [6.45, 7) is 2.78. The maximum Gasteiger partial charge on any atom is 0.254 e. The third-order valence-electron chi connectivity index (χ3n) is 6.82. The Morgan fingerprint density at radius 2 is 1.81 bits per heavy atom. The molecule has 2 aromatic carbocycles. The number of hydrogen-bond acceptors (Lipinski definition) is 3. The van der Waals surface area contributed by atoms with E-state index < -0.39 is 0 Å². The predicted octanol–water partition coefficient (Wildman–Crippen LogP) is 4.70. The zero-order valence-corrected chi connectivity index (χ0v) is 18.4. The minimum Gasteiger partial charge on any atom is -0.355 e. The molecule has 1 saturated carbocycles. The highest BCUT2D eigenvalue weighted by Gasteiger charge is 2.30. The summed E-state index contributed by atoms with van der Waals surface area (Å²) in [6.07, 6.45) is 6.24. The molecule has 0 unspecified atom stereocenters. The molecule has 162 valence electrons. The molecule has 1 aliphatic carbocycles. The van der Waals surface area contributed by atoms with Crippen LogP contribution in [0.1, 0.15) is 65.3 Å². The van der Waals surface area contributed by atoms with Crippen LogP contribution >= 0.6 is 0 Å². The molecule has 0 radical (unpaired) electrons. The van der Waals surface area contributed by atoms with Crippen molar-refractivity contribution in [3.05, 3.63) is 59.2 Å². The molecule has 2 aliphatic rings. The van der Waals surface area contributed by atoms with Crippen LogP contribution in [0.25, 0.3) is 11.1 Å². The maximum absolute atomic E-state index is 13.2. The lowest BCUT2D eigenvalue weighted by Gasteiger charge is -2.34. The smallest absolute Gasteiger partial charge is 0.254 e. The van der Waals surface area contributed by atoms with E-state index in [1.54, 1.807) is 7.05 Å². The Morgan fingerprint density at radius 1 is 1.13 bits per heavy atom. The van der Waals surface area contributed by atoms with Gasteiger partial charge >= 0.3 is 0 Å². The minimum atomic E-state index is -0.0992. The van der Waals surface area contributed by atoms with E-state index in [0.717, 1.165) is 47.2 Å². The Labute approximate surface area is 184 Å². The first-order valence-electron chi connectivity index (χ1n) is 11.3. The van der Waals surface area contributed by atoms with Crippen molar-refractivity contribution >= 4 is 17.5 Å². The number of benzene rings is 2. The van der Waals surface area contributed by atoms with Crippen LogP contribution in [-0.2, 0) is 6.42 Å². The van der Waals surface area contributed by atoms with E-state index in [-0.39, 0.29) is 17.9 Å². The number of nitrogens with one attached hydrogen (secondary N) is 2. The van der Waals surface area contributed by atoms with Gasteiger partial charge in [-0.15, -0.1) is 0 Å². The van der Waals surface area contributed by atoms with Crippen LogP contribution in [0.5, 0.6) is 0 Å². The highest BCUT2D eigenvalue weighted by molar-refractivity contribution is 5.98. The molecule has 0 saturated heterocycles. The van der Waals surface area contributed by atoms with E-state index in [4.69, 9.17) is 5.41 Å². The van der Waals surface area contributed by atoms with Crippen LogP contribution in [0.3, 0.4) is 0 Å². The third-order valence-corrected chi connectivity index (χ3v) is 6.82. The van der Waals surface area contributed by atoms with Crippen LogP contribution in [0.15, 0.2) is 42.5 Å². The summed E-state index contributed by atoms with van der Waals surface area (Å²) >= 11 is 0. The SMILES string of the molecule is CNC(=O)c1ccc(-c2ccc3c(c2)CCN([C@H](C)CC(=N)C2CCCC2)C3=O)cc1. The molecule has 5 nitrogen and oxygen atoms in total. The van der Waals surface area contributed by atoms with Gasteiger partial charge in [0.15, 0.2) is 0 Å². The highest BCUT2D eigenvalue weighted by atomic mass is 16.2. The summed E-state index contributed by atoms with van der Waals surface area (Å²) in [5, 5.41) is 11.1. The van der Waals surface area contributed by atoms with Gasteiger partial charge in [0, 0.05) is 42.9 Å². The first-order chi connectivity index (χ1) is 15.0. The highest BCUT2D eigenvalue weighted by Crippen LogP contribution is 2.30. The number of carbonyl (C=O) groups excluding carboxylic acids is 2. The van der Waals surface area contributed by atoms with Gasteiger partial charge in [-0.05, 0) is 67.0 Å². The Morgan fingerprint density at radius 3 is 2.48 bits per heavy atom. The van der Waals surface area contributed by atoms with Gasteiger partial charge in [-0.1, -0.05) is 37.1 Å². The normalized spacial score (nSPS) is 17.4. The fourth-order valence-corrected chi connectivity index (χ4v) is 4.93. The molecule has 1 heterocycles. The monoisotopic (exact) mass is 417 g/mol. The molecule has 2 N–H and O–H groups in total. The van der Waals surface area contributed by atoms with Crippen molar-refractivity contribution in [2.45, 2.75) is 51.5 Å². The van der Waals surface area contributed by atoms with E-state index >= 15 is 0 Å². The summed E-state index contributed by atoms with van der Waals surface area (Å²) in [5.41, 5.74) is 5.39. The van der Waals surface area contributed by atoms with Crippen molar-refractivity contribution in [1.82, 2.24) is 10.2 Å². The lowest BCUT2D eigenvalue weighted by molar-refractivity contribution is 0.0678. The summed E-state index contributed by atoms with van der Waals surface area (Å²) in [5.74, 6) is 0.402. The van der Waals surface area contributed by atoms with Crippen LogP contribution in [0.4, 0.5) is 0 Å². The van der Waals surface area contributed by atoms with E-state index in [1.165, 1.54) is 12.8 Å². The van der Waals surface area contributed by atoms with Crippen LogP contribution < -0.4 is 5.32 Å². The lowest BCUT2D eigenvalue weighted by atomic mass is 9.91. The average Bonchev–Trinajstić information content (AvgIpc) is 3.34. The molecular formula is C26H31N3O2. The fourth-order valence-electron chi connectivity index (χ4n) is 4.93. The van der Waals surface area contributed by atoms with Gasteiger partial charge in [-0.2, -0.15) is 0 Å². The van der Waals surface area contributed by atoms with E-state index in [1.807, 2.05) is 41.3 Å². The molecule has 0 spiro atoms. The van der Waals surface area contributed by atoms with Gasteiger partial charge in [0.05, 0.1) is 0 Å². The molecule has 1 aliphatic heterocycles. The van der Waals surface area contributed by atoms with Gasteiger partial charge in [0.1, 0.15) is 0 Å². The van der Waals surface area contributed by atoms with Gasteiger partial charge in [0.2, 0.25) is 0 Å². The first-order valence-corrected chi connectivity index (χ1v) is 11.3. The summed E-state index contributed by atoms with van der Waals surface area (Å²) in [6, 6.07) is 13.6. The second-order valence-corrected chi connectivity index (χ2v) is 8.84. The molecule has 5 heteroatoms. The molecular weight excluding hydrogens is 386 g/mol. The molecule has 4 rings (SSSR count). The number of hydrogen-bond donors (Lipinski definition) is 2. The number of nitrogens with zero attached hydrogens (tertiary/aromatic N) is 1. The largest absolute Gasteiger partial charge is 0.355 e. The lowest BCUT2D eigenvalue weighted by Crippen LogP contribution is -2.44. The van der Waals surface area contributed by atoms with Crippen molar-refractivity contribution < 1.29 is 9.59 Å². The number of fused-ring (bicyclic) bond motifs is 1. The second-order valence-electron chi connectivity index (χ2n) is 8.84. The molecule has 2 aromatic rings. The number of amides is 2. The Bertz CT molecular complexity index is 990. The molecule has 0 bridgehead atoms.